The molecule has 2 N–H and O–H groups in total. The van der Waals surface area contributed by atoms with Crippen LogP contribution in [-0.2, 0) is 11.3 Å². The van der Waals surface area contributed by atoms with Crippen LogP contribution in [0.1, 0.15) is 30.4 Å². The first-order valence-corrected chi connectivity index (χ1v) is 8.68. The summed E-state index contributed by atoms with van der Waals surface area (Å²) < 4.78 is 41.9. The summed E-state index contributed by atoms with van der Waals surface area (Å²) in [7, 11) is 0. The second kappa shape index (κ2) is 7.50. The fraction of sp³-hybridized carbons (Fsp3) is 0.350. The van der Waals surface area contributed by atoms with Crippen LogP contribution in [0.25, 0.3) is 0 Å². The first-order chi connectivity index (χ1) is 12.7. The van der Waals surface area contributed by atoms with Gasteiger partial charge in [-0.25, -0.2) is 0 Å². The molecule has 0 bridgehead atoms. The van der Waals surface area contributed by atoms with E-state index in [1.165, 1.54) is 6.07 Å². The molecule has 0 fully saturated rings. The number of halogens is 3. The summed E-state index contributed by atoms with van der Waals surface area (Å²) in [6.07, 6.45) is -3.78. The third-order valence-electron chi connectivity index (χ3n) is 4.73. The number of carbonyl (C=O) groups excluding carboxylic acids is 1. The first kappa shape index (κ1) is 19.1. The maximum absolute atomic E-state index is 12.4. The number of benzene rings is 2. The maximum Gasteiger partial charge on any atom is 0.422 e. The SMILES string of the molecule is C[C@H]1C[C@H](C(N)=O)c2ccccc2N1Cc1cccc(OCC(F)(F)F)c1. The lowest BCUT2D eigenvalue weighted by Gasteiger charge is -2.40. The number of hydrogen-bond acceptors (Lipinski definition) is 3. The monoisotopic (exact) mass is 378 g/mol. The molecule has 1 aliphatic heterocycles. The summed E-state index contributed by atoms with van der Waals surface area (Å²) in [5.74, 6) is -0.511. The molecule has 0 saturated heterocycles. The highest BCUT2D eigenvalue weighted by Gasteiger charge is 2.33. The topological polar surface area (TPSA) is 55.6 Å². The van der Waals surface area contributed by atoms with Crippen molar-refractivity contribution in [2.45, 2.75) is 38.0 Å². The van der Waals surface area contributed by atoms with E-state index in [1.807, 2.05) is 37.3 Å². The molecule has 0 aromatic heterocycles. The molecule has 7 heteroatoms. The van der Waals surface area contributed by atoms with E-state index in [1.54, 1.807) is 12.1 Å². The van der Waals surface area contributed by atoms with E-state index >= 15 is 0 Å². The van der Waals surface area contributed by atoms with Gasteiger partial charge in [-0.05, 0) is 42.7 Å². The Morgan fingerprint density at radius 3 is 2.67 bits per heavy atom. The number of nitrogens with zero attached hydrogens (tertiary/aromatic N) is 1. The Balaban J connectivity index is 1.83. The molecular weight excluding hydrogens is 357 g/mol. The molecule has 1 heterocycles. The van der Waals surface area contributed by atoms with Crippen LogP contribution in [-0.4, -0.2) is 24.7 Å². The Morgan fingerprint density at radius 2 is 1.96 bits per heavy atom. The number of amides is 1. The van der Waals surface area contributed by atoms with Crippen LogP contribution in [0, 0.1) is 0 Å². The van der Waals surface area contributed by atoms with Gasteiger partial charge in [0.05, 0.1) is 5.92 Å². The van der Waals surface area contributed by atoms with E-state index in [9.17, 15) is 18.0 Å². The zero-order valence-corrected chi connectivity index (χ0v) is 14.9. The molecule has 2 aromatic rings. The lowest BCUT2D eigenvalue weighted by Crippen LogP contribution is -2.41. The molecule has 0 radical (unpaired) electrons. The van der Waals surface area contributed by atoms with E-state index < -0.39 is 12.8 Å². The number of carbonyl (C=O) groups is 1. The first-order valence-electron chi connectivity index (χ1n) is 8.68. The molecule has 3 rings (SSSR count). The molecule has 27 heavy (non-hydrogen) atoms. The van der Waals surface area contributed by atoms with E-state index in [2.05, 4.69) is 4.90 Å². The minimum Gasteiger partial charge on any atom is -0.484 e. The Bertz CT molecular complexity index is 823. The molecular formula is C20H21F3N2O2. The van der Waals surface area contributed by atoms with Crippen LogP contribution >= 0.6 is 0 Å². The van der Waals surface area contributed by atoms with Gasteiger partial charge in [-0.2, -0.15) is 13.2 Å². The number of para-hydroxylation sites is 1. The van der Waals surface area contributed by atoms with Crippen LogP contribution in [0.3, 0.4) is 0 Å². The lowest BCUT2D eigenvalue weighted by molar-refractivity contribution is -0.153. The van der Waals surface area contributed by atoms with Gasteiger partial charge in [0.15, 0.2) is 6.61 Å². The Labute approximate surface area is 155 Å². The number of hydrogen-bond donors (Lipinski definition) is 1. The number of ether oxygens (including phenoxy) is 1. The standard InChI is InChI=1S/C20H21F3N2O2/c1-13-9-17(19(24)26)16-7-2-3-8-18(16)25(13)11-14-5-4-6-15(10-14)27-12-20(21,22)23/h2-8,10,13,17H,9,11-12H2,1H3,(H2,24,26)/t13-,17-/m0/s1. The fourth-order valence-corrected chi connectivity index (χ4v) is 3.48. The minimum atomic E-state index is -4.37. The Hall–Kier alpha value is -2.70. The molecule has 144 valence electrons. The van der Waals surface area contributed by atoms with Crippen LogP contribution in [0.4, 0.5) is 18.9 Å². The summed E-state index contributed by atoms with van der Waals surface area (Å²) in [4.78, 5) is 14.0. The Kier molecular flexibility index (Phi) is 5.30. The normalized spacial score (nSPS) is 19.5. The van der Waals surface area contributed by atoms with Gasteiger partial charge in [0, 0.05) is 18.3 Å². The predicted octanol–water partition coefficient (Wildman–Crippen LogP) is 4.00. The van der Waals surface area contributed by atoms with Crippen molar-refractivity contribution in [3.8, 4) is 5.75 Å². The second-order valence-corrected chi connectivity index (χ2v) is 6.78. The van der Waals surface area contributed by atoms with Crippen molar-refractivity contribution in [2.75, 3.05) is 11.5 Å². The van der Waals surface area contributed by atoms with Gasteiger partial charge in [-0.1, -0.05) is 30.3 Å². The zero-order valence-electron chi connectivity index (χ0n) is 14.9. The summed E-state index contributed by atoms with van der Waals surface area (Å²) in [5.41, 5.74) is 8.19. The maximum atomic E-state index is 12.4. The molecule has 0 aliphatic carbocycles. The number of alkyl halides is 3. The van der Waals surface area contributed by atoms with Gasteiger partial charge >= 0.3 is 6.18 Å². The molecule has 0 saturated carbocycles. The number of anilines is 1. The van der Waals surface area contributed by atoms with Gasteiger partial charge < -0.3 is 15.4 Å². The van der Waals surface area contributed by atoms with Crippen molar-refractivity contribution < 1.29 is 22.7 Å². The average Bonchev–Trinajstić information content (AvgIpc) is 2.62. The molecule has 0 spiro atoms. The Morgan fingerprint density at radius 1 is 1.22 bits per heavy atom. The van der Waals surface area contributed by atoms with E-state index in [4.69, 9.17) is 10.5 Å². The highest BCUT2D eigenvalue weighted by atomic mass is 19.4. The van der Waals surface area contributed by atoms with Gasteiger partial charge in [0.2, 0.25) is 5.91 Å². The summed E-state index contributed by atoms with van der Waals surface area (Å²) in [6, 6.07) is 14.3. The summed E-state index contributed by atoms with van der Waals surface area (Å²) in [5, 5.41) is 0. The fourth-order valence-electron chi connectivity index (χ4n) is 3.48. The number of rotatable bonds is 5. The third-order valence-corrected chi connectivity index (χ3v) is 4.73. The van der Waals surface area contributed by atoms with Gasteiger partial charge in [0.1, 0.15) is 5.75 Å². The second-order valence-electron chi connectivity index (χ2n) is 6.78. The largest absolute Gasteiger partial charge is 0.484 e. The number of primary amides is 1. The van der Waals surface area contributed by atoms with Gasteiger partial charge in [-0.15, -0.1) is 0 Å². The van der Waals surface area contributed by atoms with Crippen molar-refractivity contribution in [1.82, 2.24) is 0 Å². The smallest absolute Gasteiger partial charge is 0.422 e. The summed E-state index contributed by atoms with van der Waals surface area (Å²) in [6.45, 7) is 1.18. The molecule has 4 nitrogen and oxygen atoms in total. The predicted molar refractivity (Wildman–Crippen MR) is 96.6 cm³/mol. The third kappa shape index (κ3) is 4.53. The van der Waals surface area contributed by atoms with Crippen molar-refractivity contribution in [2.24, 2.45) is 5.73 Å². The van der Waals surface area contributed by atoms with Crippen LogP contribution < -0.4 is 15.4 Å². The molecule has 2 aromatic carbocycles. The highest BCUT2D eigenvalue weighted by molar-refractivity contribution is 5.85. The van der Waals surface area contributed by atoms with Crippen LogP contribution in [0.5, 0.6) is 5.75 Å². The molecule has 1 amide bonds. The average molecular weight is 378 g/mol. The van der Waals surface area contributed by atoms with Gasteiger partial charge in [0.25, 0.3) is 0 Å². The van der Waals surface area contributed by atoms with Crippen LogP contribution in [0.2, 0.25) is 0 Å². The van der Waals surface area contributed by atoms with Crippen molar-refractivity contribution in [1.29, 1.82) is 0 Å². The molecule has 1 aliphatic rings. The van der Waals surface area contributed by atoms with E-state index in [0.29, 0.717) is 13.0 Å². The number of fused-ring (bicyclic) bond motifs is 1. The summed E-state index contributed by atoms with van der Waals surface area (Å²) >= 11 is 0. The van der Waals surface area contributed by atoms with Crippen molar-refractivity contribution >= 4 is 11.6 Å². The van der Waals surface area contributed by atoms with E-state index in [-0.39, 0.29) is 23.6 Å². The van der Waals surface area contributed by atoms with Crippen LogP contribution in [0.15, 0.2) is 48.5 Å². The van der Waals surface area contributed by atoms with Gasteiger partial charge in [-0.3, -0.25) is 4.79 Å². The molecule has 2 atom stereocenters. The van der Waals surface area contributed by atoms with Crippen molar-refractivity contribution in [3.05, 3.63) is 59.7 Å². The lowest BCUT2D eigenvalue weighted by atomic mass is 9.85. The zero-order chi connectivity index (χ0) is 19.6. The minimum absolute atomic E-state index is 0.0529. The highest BCUT2D eigenvalue weighted by Crippen LogP contribution is 2.39. The molecule has 0 unspecified atom stereocenters. The number of nitrogens with two attached hydrogens (primary N) is 1. The van der Waals surface area contributed by atoms with Crippen molar-refractivity contribution in [3.63, 3.8) is 0 Å². The quantitative estimate of drug-likeness (QED) is 0.856. The van der Waals surface area contributed by atoms with E-state index in [0.717, 1.165) is 16.8 Å².